The fourth-order valence-electron chi connectivity index (χ4n) is 4.00. The van der Waals surface area contributed by atoms with Gasteiger partial charge >= 0.3 is 35.3 Å². The fourth-order valence-corrected chi connectivity index (χ4v) is 13.5. The molecule has 0 saturated carbocycles. The van der Waals surface area contributed by atoms with Gasteiger partial charge in [-0.25, -0.2) is 0 Å². The van der Waals surface area contributed by atoms with E-state index in [9.17, 15) is 26.3 Å². The van der Waals surface area contributed by atoms with Crippen LogP contribution in [0.4, 0.5) is 26.3 Å². The Labute approximate surface area is 275 Å². The van der Waals surface area contributed by atoms with Crippen LogP contribution in [-0.4, -0.2) is 19.8 Å². The van der Waals surface area contributed by atoms with E-state index in [1.165, 1.54) is 12.1 Å². The predicted molar refractivity (Wildman–Crippen MR) is 173 cm³/mol. The number of rotatable bonds is 15. The van der Waals surface area contributed by atoms with Gasteiger partial charge in [-0.15, -0.1) is 13.5 Å². The van der Waals surface area contributed by atoms with Gasteiger partial charge < -0.3 is 13.6 Å². The molecule has 3 aromatic carbocycles. The maximum Gasteiger partial charge on any atom is 0.416 e. The van der Waals surface area contributed by atoms with E-state index in [4.69, 9.17) is 36.2 Å². The van der Waals surface area contributed by atoms with Crippen molar-refractivity contribution < 1.29 is 53.5 Å². The first kappa shape index (κ1) is 38.0. The number of hydrogen-bond donors (Lipinski definition) is 0. The summed E-state index contributed by atoms with van der Waals surface area (Å²) in [6.07, 6.45) is -8.12. The van der Waals surface area contributed by atoms with Gasteiger partial charge in [0.1, 0.15) is 17.2 Å². The molecule has 0 bridgehead atoms. The summed E-state index contributed by atoms with van der Waals surface area (Å²) in [5, 5.41) is 0. The molecule has 1 aliphatic rings. The summed E-state index contributed by atoms with van der Waals surface area (Å²) in [6.45, 7) is 7.19. The average Bonchev–Trinajstić information content (AvgIpc) is 3.01. The minimum atomic E-state index is -4.70. The molecule has 0 N–H and O–H groups in total. The Morgan fingerprint density at radius 3 is 1.17 bits per heavy atom. The van der Waals surface area contributed by atoms with Crippen LogP contribution in [0.25, 0.3) is 0 Å². The van der Waals surface area contributed by atoms with Crippen molar-refractivity contribution >= 4 is 23.0 Å². The largest absolute Gasteiger partial charge is 0.422 e. The fraction of sp³-hybridized carbons (Fsp3) is 0.400. The van der Waals surface area contributed by atoms with Gasteiger partial charge in [-0.1, -0.05) is 45.0 Å². The molecule has 264 valence electrons. The first-order chi connectivity index (χ1) is 22.6. The number of alkyl halides is 6. The molecular formula is C30H36F6N3O6P3. The highest BCUT2D eigenvalue weighted by Gasteiger charge is 2.46. The summed E-state index contributed by atoms with van der Waals surface area (Å²) < 4.78 is 134. The van der Waals surface area contributed by atoms with Crippen molar-refractivity contribution in [2.45, 2.75) is 59.3 Å². The van der Waals surface area contributed by atoms with Crippen molar-refractivity contribution in [2.75, 3.05) is 19.8 Å². The molecule has 0 saturated heterocycles. The predicted octanol–water partition coefficient (Wildman–Crippen LogP) is 12.7. The maximum absolute atomic E-state index is 13.7. The molecule has 1 aliphatic heterocycles. The minimum Gasteiger partial charge on any atom is -0.422 e. The topological polar surface area (TPSA) is 92.5 Å². The number of halogens is 6. The van der Waals surface area contributed by atoms with Crippen molar-refractivity contribution in [1.29, 1.82) is 0 Å². The Kier molecular flexibility index (Phi) is 12.5. The first-order valence-electron chi connectivity index (χ1n) is 15.0. The van der Waals surface area contributed by atoms with Crippen LogP contribution in [0, 0.1) is 6.92 Å². The highest BCUT2D eigenvalue weighted by molar-refractivity contribution is 7.78. The van der Waals surface area contributed by atoms with E-state index in [0.717, 1.165) is 42.0 Å². The van der Waals surface area contributed by atoms with Crippen molar-refractivity contribution in [3.63, 3.8) is 0 Å². The number of aryl methyl sites for hydroxylation is 1. The van der Waals surface area contributed by atoms with E-state index >= 15 is 0 Å². The molecule has 0 amide bonds. The summed E-state index contributed by atoms with van der Waals surface area (Å²) in [4.78, 5) is 0. The summed E-state index contributed by atoms with van der Waals surface area (Å²) in [5.74, 6) is -0.310. The van der Waals surface area contributed by atoms with E-state index in [1.54, 1.807) is 32.0 Å². The number of benzene rings is 3. The molecule has 9 nitrogen and oxygen atoms in total. The smallest absolute Gasteiger partial charge is 0.416 e. The first-order valence-corrected chi connectivity index (χ1v) is 19.6. The van der Waals surface area contributed by atoms with E-state index < -0.39 is 46.5 Å². The molecule has 48 heavy (non-hydrogen) atoms. The van der Waals surface area contributed by atoms with Crippen LogP contribution in [0.15, 0.2) is 86.3 Å². The lowest BCUT2D eigenvalue weighted by Crippen LogP contribution is -2.10. The van der Waals surface area contributed by atoms with Gasteiger partial charge in [0.15, 0.2) is 0 Å². The van der Waals surface area contributed by atoms with Crippen molar-refractivity contribution in [2.24, 2.45) is 13.5 Å². The third kappa shape index (κ3) is 10.1. The van der Waals surface area contributed by atoms with E-state index in [2.05, 4.69) is 4.52 Å². The van der Waals surface area contributed by atoms with Crippen LogP contribution in [0.1, 0.15) is 56.7 Å². The Balaban J connectivity index is 2.06. The second-order valence-corrected chi connectivity index (χ2v) is 16.8. The van der Waals surface area contributed by atoms with E-state index in [1.807, 2.05) is 19.9 Å². The molecule has 3 atom stereocenters. The Bertz CT molecular complexity index is 1660. The average molecular weight is 742 g/mol. The number of hydrogen-bond acceptors (Lipinski definition) is 9. The third-order valence-electron chi connectivity index (χ3n) is 6.05. The van der Waals surface area contributed by atoms with Crippen LogP contribution >= 0.6 is 23.0 Å². The molecule has 0 fully saturated rings. The lowest BCUT2D eigenvalue weighted by molar-refractivity contribution is -0.138. The Morgan fingerprint density at radius 1 is 0.521 bits per heavy atom. The van der Waals surface area contributed by atoms with Crippen LogP contribution < -0.4 is 13.6 Å². The van der Waals surface area contributed by atoms with Crippen molar-refractivity contribution in [3.8, 4) is 17.2 Å². The molecule has 4 rings (SSSR count). The van der Waals surface area contributed by atoms with Crippen LogP contribution in [0.5, 0.6) is 17.2 Å². The maximum atomic E-state index is 13.7. The minimum absolute atomic E-state index is 0.0324. The molecular weight excluding hydrogens is 705 g/mol. The van der Waals surface area contributed by atoms with Crippen molar-refractivity contribution in [3.05, 3.63) is 89.5 Å². The lowest BCUT2D eigenvalue weighted by atomic mass is 10.2. The third-order valence-corrected chi connectivity index (χ3v) is 14.4. The van der Waals surface area contributed by atoms with Crippen LogP contribution in [0.2, 0.25) is 0 Å². The normalized spacial score (nSPS) is 22.6. The van der Waals surface area contributed by atoms with Gasteiger partial charge in [0, 0.05) is 0 Å². The van der Waals surface area contributed by atoms with E-state index in [0.29, 0.717) is 19.3 Å². The van der Waals surface area contributed by atoms with Gasteiger partial charge in [0.25, 0.3) is 0 Å². The van der Waals surface area contributed by atoms with Gasteiger partial charge in [0.2, 0.25) is 0 Å². The van der Waals surface area contributed by atoms with Gasteiger partial charge in [-0.2, -0.15) is 26.3 Å². The highest BCUT2D eigenvalue weighted by Crippen LogP contribution is 2.79. The molecule has 0 spiro atoms. The SMILES string of the molecule is CCCOP1(Oc2cccc(C)c2)=NP(OCCC)(Oc2cccc(C(F)(F)F)c2)=NP(OCCC)(Oc2cccc(C(F)(F)F)c2)=N1. The second-order valence-electron chi connectivity index (χ2n) is 10.4. The molecule has 3 unspecified atom stereocenters. The standard InChI is InChI=1S/C30H36F6N3O6P3/c1-5-17-40-46(43-26-14-8-11-23(4)20-26)37-47(41-18-6-2,44-27-15-9-12-24(21-27)29(31,32)33)39-48(38-46,42-19-7-3)45-28-16-10-13-25(22-28)30(34,35)36/h8-16,20-22H,5-7,17-19H2,1-4H3. The zero-order valence-corrected chi connectivity index (χ0v) is 29.3. The summed E-state index contributed by atoms with van der Waals surface area (Å²) in [7, 11) is -12.4. The van der Waals surface area contributed by atoms with Gasteiger partial charge in [-0.3, -0.25) is 13.6 Å². The quantitative estimate of drug-likeness (QED) is 0.114. The second kappa shape index (κ2) is 15.8. The zero-order valence-electron chi connectivity index (χ0n) is 26.6. The molecule has 18 heteroatoms. The molecule has 3 aromatic rings. The lowest BCUT2D eigenvalue weighted by Gasteiger charge is -2.33. The van der Waals surface area contributed by atoms with Crippen LogP contribution in [-0.2, 0) is 25.9 Å². The Hall–Kier alpha value is -2.79. The van der Waals surface area contributed by atoms with Crippen LogP contribution in [0.3, 0.4) is 0 Å². The van der Waals surface area contributed by atoms with Crippen molar-refractivity contribution in [1.82, 2.24) is 0 Å². The Morgan fingerprint density at radius 2 is 0.854 bits per heavy atom. The van der Waals surface area contributed by atoms with Gasteiger partial charge in [0.05, 0.1) is 30.9 Å². The monoisotopic (exact) mass is 741 g/mol. The highest BCUT2D eigenvalue weighted by atomic mass is 31.3. The zero-order chi connectivity index (χ0) is 35.1. The van der Waals surface area contributed by atoms with Gasteiger partial charge in [-0.05, 0) is 80.3 Å². The summed E-state index contributed by atoms with van der Waals surface area (Å²) >= 11 is 0. The van der Waals surface area contributed by atoms with E-state index in [-0.39, 0.29) is 37.1 Å². The molecule has 0 aliphatic carbocycles. The molecule has 0 radical (unpaired) electrons. The molecule has 0 aromatic heterocycles. The molecule has 1 heterocycles. The number of nitrogens with zero attached hydrogens (tertiary/aromatic N) is 3. The summed E-state index contributed by atoms with van der Waals surface area (Å²) in [5.41, 5.74) is -1.19. The summed E-state index contributed by atoms with van der Waals surface area (Å²) in [6, 6.07) is 15.0.